The third kappa shape index (κ3) is 5.63. The first-order valence-corrected chi connectivity index (χ1v) is 8.91. The highest BCUT2D eigenvalue weighted by Gasteiger charge is 2.15. The second-order valence-electron chi connectivity index (χ2n) is 5.56. The SMILES string of the molecule is COC(CO)CONC(=O)c1ccc(F)cc1Nc1ccc(I)cc1C. The Kier molecular flexibility index (Phi) is 7.76. The van der Waals surface area contributed by atoms with Crippen molar-refractivity contribution in [2.45, 2.75) is 13.0 Å². The smallest absolute Gasteiger partial charge is 0.276 e. The number of hydrogen-bond acceptors (Lipinski definition) is 5. The molecule has 2 rings (SSSR count). The zero-order valence-corrected chi connectivity index (χ0v) is 16.5. The van der Waals surface area contributed by atoms with Crippen LogP contribution in [0, 0.1) is 16.3 Å². The van der Waals surface area contributed by atoms with Gasteiger partial charge < -0.3 is 15.2 Å². The zero-order valence-electron chi connectivity index (χ0n) is 14.4. The van der Waals surface area contributed by atoms with E-state index in [1.807, 2.05) is 25.1 Å². The molecular formula is C18H20FIN2O4. The number of nitrogens with one attached hydrogen (secondary N) is 2. The number of aliphatic hydroxyl groups is 1. The number of hydroxylamine groups is 1. The minimum Gasteiger partial charge on any atom is -0.394 e. The third-order valence-corrected chi connectivity index (χ3v) is 4.33. The topological polar surface area (TPSA) is 79.8 Å². The van der Waals surface area contributed by atoms with Crippen LogP contribution < -0.4 is 10.8 Å². The van der Waals surface area contributed by atoms with Crippen molar-refractivity contribution >= 4 is 39.9 Å². The normalized spacial score (nSPS) is 11.9. The number of hydrogen-bond donors (Lipinski definition) is 3. The molecule has 3 N–H and O–H groups in total. The molecular weight excluding hydrogens is 454 g/mol. The average molecular weight is 474 g/mol. The monoisotopic (exact) mass is 474 g/mol. The number of rotatable bonds is 8. The third-order valence-electron chi connectivity index (χ3n) is 3.66. The van der Waals surface area contributed by atoms with Crippen LogP contribution in [0.4, 0.5) is 15.8 Å². The first-order valence-electron chi connectivity index (χ1n) is 7.83. The minimum absolute atomic E-state index is 0.0150. The Bertz CT molecular complexity index is 769. The molecule has 0 saturated carbocycles. The number of carbonyl (C=O) groups is 1. The van der Waals surface area contributed by atoms with E-state index < -0.39 is 17.8 Å². The number of benzene rings is 2. The number of ether oxygens (including phenoxy) is 1. The Hall–Kier alpha value is -1.75. The van der Waals surface area contributed by atoms with Gasteiger partial charge in [0.25, 0.3) is 5.91 Å². The summed E-state index contributed by atoms with van der Waals surface area (Å²) in [5.74, 6) is -1.00. The Labute approximate surface area is 164 Å². The van der Waals surface area contributed by atoms with E-state index in [9.17, 15) is 9.18 Å². The molecule has 0 radical (unpaired) electrons. The summed E-state index contributed by atoms with van der Waals surface area (Å²) in [6.45, 7) is 1.67. The highest BCUT2D eigenvalue weighted by atomic mass is 127. The summed E-state index contributed by atoms with van der Waals surface area (Å²) in [6.07, 6.45) is -0.546. The van der Waals surface area contributed by atoms with Crippen LogP contribution in [0.25, 0.3) is 0 Å². The van der Waals surface area contributed by atoms with Crippen molar-refractivity contribution in [2.24, 2.45) is 0 Å². The van der Waals surface area contributed by atoms with E-state index in [1.54, 1.807) is 0 Å². The number of amides is 1. The lowest BCUT2D eigenvalue weighted by Gasteiger charge is -2.15. The summed E-state index contributed by atoms with van der Waals surface area (Å²) in [5, 5.41) is 12.1. The molecule has 0 saturated heterocycles. The minimum atomic E-state index is -0.546. The zero-order chi connectivity index (χ0) is 19.1. The van der Waals surface area contributed by atoms with E-state index in [0.29, 0.717) is 5.69 Å². The lowest BCUT2D eigenvalue weighted by atomic mass is 10.1. The molecule has 1 unspecified atom stereocenters. The van der Waals surface area contributed by atoms with Gasteiger partial charge in [-0.05, 0) is 71.5 Å². The summed E-state index contributed by atoms with van der Waals surface area (Å²) in [5.41, 5.74) is 4.55. The van der Waals surface area contributed by atoms with E-state index in [4.69, 9.17) is 14.7 Å². The van der Waals surface area contributed by atoms with Gasteiger partial charge in [0.1, 0.15) is 18.5 Å². The number of aliphatic hydroxyl groups excluding tert-OH is 1. The number of halogens is 2. The van der Waals surface area contributed by atoms with E-state index in [2.05, 4.69) is 33.4 Å². The fourth-order valence-corrected chi connectivity index (χ4v) is 2.83. The van der Waals surface area contributed by atoms with Crippen molar-refractivity contribution in [1.82, 2.24) is 5.48 Å². The molecule has 0 aliphatic carbocycles. The molecule has 0 aliphatic heterocycles. The molecule has 0 bridgehead atoms. The highest BCUT2D eigenvalue weighted by Crippen LogP contribution is 2.25. The highest BCUT2D eigenvalue weighted by molar-refractivity contribution is 14.1. The lowest BCUT2D eigenvalue weighted by Crippen LogP contribution is -2.31. The van der Waals surface area contributed by atoms with Crippen LogP contribution in [-0.2, 0) is 9.57 Å². The van der Waals surface area contributed by atoms with Gasteiger partial charge in [0, 0.05) is 16.4 Å². The standard InChI is InChI=1S/C18H20FIN2O4/c1-11-7-13(20)4-6-16(11)21-17-8-12(19)3-5-15(17)18(24)22-26-10-14(9-23)25-2/h3-8,14,21,23H,9-10H2,1-2H3,(H,22,24). The number of carbonyl (C=O) groups excluding carboxylic acids is 1. The van der Waals surface area contributed by atoms with Gasteiger partial charge in [-0.3, -0.25) is 9.63 Å². The quantitative estimate of drug-likeness (QED) is 0.405. The van der Waals surface area contributed by atoms with E-state index >= 15 is 0 Å². The number of aryl methyl sites for hydroxylation is 1. The Morgan fingerprint density at radius 3 is 2.69 bits per heavy atom. The van der Waals surface area contributed by atoms with Crippen LogP contribution in [-0.4, -0.2) is 37.4 Å². The van der Waals surface area contributed by atoms with Crippen molar-refractivity contribution in [3.63, 3.8) is 0 Å². The molecule has 1 amide bonds. The maximum absolute atomic E-state index is 13.7. The van der Waals surface area contributed by atoms with Crippen LogP contribution in [0.3, 0.4) is 0 Å². The summed E-state index contributed by atoms with van der Waals surface area (Å²) < 4.78 is 19.7. The summed E-state index contributed by atoms with van der Waals surface area (Å²) in [4.78, 5) is 17.4. The predicted octanol–water partition coefficient (Wildman–Crippen LogP) is 3.15. The molecule has 140 valence electrons. The summed E-state index contributed by atoms with van der Waals surface area (Å²) in [6, 6.07) is 9.58. The van der Waals surface area contributed by atoms with Gasteiger partial charge in [-0.2, -0.15) is 0 Å². The van der Waals surface area contributed by atoms with Crippen molar-refractivity contribution < 1.29 is 23.9 Å². The van der Waals surface area contributed by atoms with Gasteiger partial charge >= 0.3 is 0 Å². The van der Waals surface area contributed by atoms with Gasteiger partial charge in [0.05, 0.1) is 17.9 Å². The predicted molar refractivity (Wildman–Crippen MR) is 105 cm³/mol. The lowest BCUT2D eigenvalue weighted by molar-refractivity contribution is -0.0469. The van der Waals surface area contributed by atoms with E-state index in [0.717, 1.165) is 14.8 Å². The first-order chi connectivity index (χ1) is 12.4. The Morgan fingerprint density at radius 2 is 2.04 bits per heavy atom. The van der Waals surface area contributed by atoms with Gasteiger partial charge in [-0.25, -0.2) is 9.87 Å². The molecule has 0 spiro atoms. The molecule has 8 heteroatoms. The molecule has 1 atom stereocenters. The van der Waals surface area contributed by atoms with Crippen LogP contribution in [0.2, 0.25) is 0 Å². The van der Waals surface area contributed by atoms with Crippen molar-refractivity contribution in [3.8, 4) is 0 Å². The summed E-state index contributed by atoms with van der Waals surface area (Å²) in [7, 11) is 1.43. The molecule has 26 heavy (non-hydrogen) atoms. The maximum atomic E-state index is 13.7. The van der Waals surface area contributed by atoms with Gasteiger partial charge in [-0.1, -0.05) is 0 Å². The molecule has 6 nitrogen and oxygen atoms in total. The number of anilines is 2. The fraction of sp³-hybridized carbons (Fsp3) is 0.278. The molecule has 0 aromatic heterocycles. The second kappa shape index (κ2) is 9.81. The Balaban J connectivity index is 2.15. The fourth-order valence-electron chi connectivity index (χ4n) is 2.18. The Morgan fingerprint density at radius 1 is 1.27 bits per heavy atom. The van der Waals surface area contributed by atoms with Crippen LogP contribution in [0.15, 0.2) is 36.4 Å². The molecule has 0 aliphatic rings. The van der Waals surface area contributed by atoms with E-state index in [-0.39, 0.29) is 18.8 Å². The number of methoxy groups -OCH3 is 1. The van der Waals surface area contributed by atoms with E-state index in [1.165, 1.54) is 25.3 Å². The molecule has 2 aromatic carbocycles. The first kappa shape index (κ1) is 20.6. The average Bonchev–Trinajstić information content (AvgIpc) is 2.61. The second-order valence-corrected chi connectivity index (χ2v) is 6.80. The van der Waals surface area contributed by atoms with Gasteiger partial charge in [-0.15, -0.1) is 0 Å². The molecule has 2 aromatic rings. The molecule has 0 heterocycles. The summed E-state index contributed by atoms with van der Waals surface area (Å²) >= 11 is 2.21. The largest absolute Gasteiger partial charge is 0.394 e. The van der Waals surface area contributed by atoms with Gasteiger partial charge in [0.2, 0.25) is 0 Å². The van der Waals surface area contributed by atoms with Gasteiger partial charge in [0.15, 0.2) is 0 Å². The van der Waals surface area contributed by atoms with Crippen LogP contribution >= 0.6 is 22.6 Å². The maximum Gasteiger partial charge on any atom is 0.276 e. The molecule has 0 fully saturated rings. The van der Waals surface area contributed by atoms with Crippen molar-refractivity contribution in [2.75, 3.05) is 25.6 Å². The van der Waals surface area contributed by atoms with Crippen molar-refractivity contribution in [1.29, 1.82) is 0 Å². The van der Waals surface area contributed by atoms with Crippen LogP contribution in [0.5, 0.6) is 0 Å². The van der Waals surface area contributed by atoms with Crippen LogP contribution in [0.1, 0.15) is 15.9 Å². The van der Waals surface area contributed by atoms with Crippen molar-refractivity contribution in [3.05, 3.63) is 56.9 Å².